The van der Waals surface area contributed by atoms with Gasteiger partial charge in [-0.2, -0.15) is 16.1 Å². The van der Waals surface area contributed by atoms with Crippen molar-refractivity contribution in [3.63, 3.8) is 0 Å². The normalized spacial score (nSPS) is 18.4. The SMILES string of the molecule is NS(=O)(=O)c1ccc(S(=O)(=O)N2CCSCC2)cc1. The standard InChI is InChI=1S/C10H14N2O4S3/c11-18(13,14)9-1-3-10(4-2-9)19(15,16)12-5-7-17-8-6-12/h1-4H,5-8H2,(H2,11,13,14). The van der Waals surface area contributed by atoms with Gasteiger partial charge in [0.1, 0.15) is 0 Å². The first-order valence-corrected chi connectivity index (χ1v) is 9.67. The molecule has 1 aromatic rings. The lowest BCUT2D eigenvalue weighted by atomic mass is 10.4. The fourth-order valence-corrected chi connectivity index (χ4v) is 4.83. The van der Waals surface area contributed by atoms with Crippen LogP contribution < -0.4 is 5.14 Å². The minimum Gasteiger partial charge on any atom is -0.225 e. The lowest BCUT2D eigenvalue weighted by Gasteiger charge is -2.25. The molecular weight excluding hydrogens is 308 g/mol. The van der Waals surface area contributed by atoms with Crippen LogP contribution in [0.2, 0.25) is 0 Å². The summed E-state index contributed by atoms with van der Waals surface area (Å²) in [7, 11) is -7.34. The van der Waals surface area contributed by atoms with Crippen molar-refractivity contribution in [2.75, 3.05) is 24.6 Å². The first-order valence-electron chi connectivity index (χ1n) is 5.52. The van der Waals surface area contributed by atoms with Crippen LogP contribution in [0.25, 0.3) is 0 Å². The van der Waals surface area contributed by atoms with Gasteiger partial charge in [0, 0.05) is 24.6 Å². The Morgan fingerprint density at radius 2 is 1.42 bits per heavy atom. The van der Waals surface area contributed by atoms with Crippen molar-refractivity contribution >= 4 is 31.8 Å². The molecule has 1 aliphatic rings. The third-order valence-electron chi connectivity index (χ3n) is 2.76. The summed E-state index contributed by atoms with van der Waals surface area (Å²) in [4.78, 5) is -0.00699. The molecule has 9 heteroatoms. The highest BCUT2D eigenvalue weighted by atomic mass is 32.2. The molecule has 106 valence electrons. The van der Waals surface area contributed by atoms with Crippen molar-refractivity contribution in [1.82, 2.24) is 4.31 Å². The number of sulfonamides is 2. The summed E-state index contributed by atoms with van der Waals surface area (Å²) < 4.78 is 48.2. The van der Waals surface area contributed by atoms with Crippen LogP contribution in [0.15, 0.2) is 34.1 Å². The molecule has 1 fully saturated rings. The molecule has 0 spiro atoms. The molecule has 0 saturated carbocycles. The van der Waals surface area contributed by atoms with Crippen LogP contribution in [-0.4, -0.2) is 45.7 Å². The van der Waals surface area contributed by atoms with Crippen molar-refractivity contribution in [3.8, 4) is 0 Å². The summed E-state index contributed by atoms with van der Waals surface area (Å²) >= 11 is 1.71. The Balaban J connectivity index is 2.31. The Morgan fingerprint density at radius 3 is 1.89 bits per heavy atom. The van der Waals surface area contributed by atoms with E-state index in [2.05, 4.69) is 0 Å². The Labute approximate surface area is 117 Å². The number of primary sulfonamides is 1. The van der Waals surface area contributed by atoms with Crippen molar-refractivity contribution in [2.45, 2.75) is 9.79 Å². The van der Waals surface area contributed by atoms with Crippen LogP contribution in [0.1, 0.15) is 0 Å². The number of benzene rings is 1. The maximum atomic E-state index is 12.3. The summed E-state index contributed by atoms with van der Waals surface area (Å²) in [5.41, 5.74) is 0. The summed E-state index contributed by atoms with van der Waals surface area (Å²) in [6.07, 6.45) is 0. The van der Waals surface area contributed by atoms with Gasteiger partial charge < -0.3 is 0 Å². The van der Waals surface area contributed by atoms with Gasteiger partial charge in [-0.25, -0.2) is 22.0 Å². The molecule has 1 aliphatic heterocycles. The van der Waals surface area contributed by atoms with Crippen LogP contribution in [0, 0.1) is 0 Å². The zero-order valence-corrected chi connectivity index (χ0v) is 12.5. The van der Waals surface area contributed by atoms with Crippen LogP contribution >= 0.6 is 11.8 Å². The molecule has 1 heterocycles. The molecule has 1 saturated heterocycles. The molecule has 6 nitrogen and oxygen atoms in total. The smallest absolute Gasteiger partial charge is 0.225 e. The number of rotatable bonds is 3. The van der Waals surface area contributed by atoms with Crippen LogP contribution in [0.3, 0.4) is 0 Å². The van der Waals surface area contributed by atoms with E-state index < -0.39 is 20.0 Å². The lowest BCUT2D eigenvalue weighted by molar-refractivity contribution is 0.443. The van der Waals surface area contributed by atoms with Crippen LogP contribution in [0.4, 0.5) is 0 Å². The number of hydrogen-bond acceptors (Lipinski definition) is 5. The number of nitrogens with two attached hydrogens (primary N) is 1. The molecule has 2 N–H and O–H groups in total. The second kappa shape index (κ2) is 5.41. The lowest BCUT2D eigenvalue weighted by Crippen LogP contribution is -2.37. The third kappa shape index (κ3) is 3.29. The zero-order valence-electron chi connectivity index (χ0n) is 10.0. The largest absolute Gasteiger partial charge is 0.243 e. The van der Waals surface area contributed by atoms with E-state index in [1.807, 2.05) is 0 Å². The number of thioether (sulfide) groups is 1. The van der Waals surface area contributed by atoms with E-state index >= 15 is 0 Å². The molecule has 0 bridgehead atoms. The van der Waals surface area contributed by atoms with Crippen LogP contribution in [-0.2, 0) is 20.0 Å². The molecule has 0 unspecified atom stereocenters. The predicted molar refractivity (Wildman–Crippen MR) is 73.9 cm³/mol. The Hall–Kier alpha value is -0.610. The van der Waals surface area contributed by atoms with Gasteiger partial charge in [0.15, 0.2) is 0 Å². The van der Waals surface area contributed by atoms with Gasteiger partial charge >= 0.3 is 0 Å². The van der Waals surface area contributed by atoms with Crippen molar-refractivity contribution in [1.29, 1.82) is 0 Å². The molecule has 0 aromatic heterocycles. The topological polar surface area (TPSA) is 97.5 Å². The molecule has 2 rings (SSSR count). The highest BCUT2D eigenvalue weighted by Gasteiger charge is 2.26. The highest BCUT2D eigenvalue weighted by molar-refractivity contribution is 7.99. The van der Waals surface area contributed by atoms with Crippen molar-refractivity contribution in [3.05, 3.63) is 24.3 Å². The molecule has 19 heavy (non-hydrogen) atoms. The van der Waals surface area contributed by atoms with E-state index in [0.29, 0.717) is 13.1 Å². The number of nitrogens with zero attached hydrogens (tertiary/aromatic N) is 1. The monoisotopic (exact) mass is 322 g/mol. The van der Waals surface area contributed by atoms with E-state index in [4.69, 9.17) is 5.14 Å². The fraction of sp³-hybridized carbons (Fsp3) is 0.400. The van der Waals surface area contributed by atoms with Gasteiger partial charge in [-0.15, -0.1) is 0 Å². The minimum atomic E-state index is -3.80. The van der Waals surface area contributed by atoms with Crippen molar-refractivity contribution < 1.29 is 16.8 Å². The van der Waals surface area contributed by atoms with E-state index in [1.165, 1.54) is 28.6 Å². The molecule has 0 aliphatic carbocycles. The van der Waals surface area contributed by atoms with Crippen LogP contribution in [0.5, 0.6) is 0 Å². The van der Waals surface area contributed by atoms with Gasteiger partial charge in [0.05, 0.1) is 9.79 Å². The van der Waals surface area contributed by atoms with Gasteiger partial charge in [0.2, 0.25) is 20.0 Å². The number of hydrogen-bond donors (Lipinski definition) is 1. The minimum absolute atomic E-state index is 0.0896. The van der Waals surface area contributed by atoms with Gasteiger partial charge in [-0.1, -0.05) is 0 Å². The van der Waals surface area contributed by atoms with E-state index in [9.17, 15) is 16.8 Å². The predicted octanol–water partition coefficient (Wildman–Crippen LogP) is 0.0715. The van der Waals surface area contributed by atoms with E-state index in [-0.39, 0.29) is 9.79 Å². The first kappa shape index (κ1) is 14.8. The third-order valence-corrected chi connectivity index (χ3v) is 6.54. The summed E-state index contributed by atoms with van der Waals surface area (Å²) in [6, 6.07) is 4.97. The summed E-state index contributed by atoms with van der Waals surface area (Å²) in [6.45, 7) is 0.952. The highest BCUT2D eigenvalue weighted by Crippen LogP contribution is 2.21. The maximum Gasteiger partial charge on any atom is 0.243 e. The fourth-order valence-electron chi connectivity index (χ4n) is 1.74. The second-order valence-corrected chi connectivity index (χ2v) is 8.76. The Bertz CT molecular complexity index is 647. The zero-order chi connectivity index (χ0) is 14.1. The Kier molecular flexibility index (Phi) is 4.21. The summed E-state index contributed by atoms with van der Waals surface area (Å²) in [5, 5.41) is 4.97. The molecule has 0 amide bonds. The summed E-state index contributed by atoms with van der Waals surface area (Å²) in [5.74, 6) is 1.54. The maximum absolute atomic E-state index is 12.3. The average molecular weight is 322 g/mol. The molecular formula is C10H14N2O4S3. The second-order valence-electron chi connectivity index (χ2n) is 4.03. The van der Waals surface area contributed by atoms with Gasteiger partial charge in [-0.3, -0.25) is 0 Å². The quantitative estimate of drug-likeness (QED) is 0.849. The van der Waals surface area contributed by atoms with E-state index in [0.717, 1.165) is 11.5 Å². The van der Waals surface area contributed by atoms with Crippen molar-refractivity contribution in [2.24, 2.45) is 5.14 Å². The Morgan fingerprint density at radius 1 is 0.947 bits per heavy atom. The molecule has 0 atom stereocenters. The van der Waals surface area contributed by atoms with E-state index in [1.54, 1.807) is 11.8 Å². The van der Waals surface area contributed by atoms with Gasteiger partial charge in [-0.05, 0) is 24.3 Å². The average Bonchev–Trinajstić information content (AvgIpc) is 2.39. The molecule has 0 radical (unpaired) electrons. The van der Waals surface area contributed by atoms with Gasteiger partial charge in [0.25, 0.3) is 0 Å². The first-order chi connectivity index (χ1) is 8.82. The molecule has 1 aromatic carbocycles.